The Labute approximate surface area is 176 Å². The topological polar surface area (TPSA) is 78.1 Å². The summed E-state index contributed by atoms with van der Waals surface area (Å²) >= 11 is 0. The van der Waals surface area contributed by atoms with Crippen molar-refractivity contribution in [2.75, 3.05) is 13.1 Å². The monoisotopic (exact) mass is 404 g/mol. The minimum absolute atomic E-state index is 0.0262. The molecule has 2 aromatic carbocycles. The van der Waals surface area contributed by atoms with E-state index in [0.717, 1.165) is 41.3 Å². The van der Waals surface area contributed by atoms with Crippen LogP contribution in [-0.2, 0) is 16.0 Å². The lowest BCUT2D eigenvalue weighted by molar-refractivity contribution is -0.134. The van der Waals surface area contributed by atoms with Crippen LogP contribution in [-0.4, -0.2) is 46.0 Å². The summed E-state index contributed by atoms with van der Waals surface area (Å²) in [6, 6.07) is 16.0. The molecule has 3 aromatic rings. The molecule has 1 aliphatic rings. The van der Waals surface area contributed by atoms with E-state index in [1.165, 1.54) is 0 Å². The summed E-state index contributed by atoms with van der Waals surface area (Å²) in [6.07, 6.45) is 4.50. The summed E-state index contributed by atoms with van der Waals surface area (Å²) in [5.41, 5.74) is 3.02. The first-order valence-electron chi connectivity index (χ1n) is 10.7. The first-order chi connectivity index (χ1) is 14.6. The Bertz CT molecular complexity index is 1010. The molecule has 2 heterocycles. The smallest absolute Gasteiger partial charge is 0.230 e. The molecule has 0 bridgehead atoms. The molecule has 1 aliphatic heterocycles. The largest absolute Gasteiger partial charge is 0.353 e. The molecule has 1 saturated heterocycles. The minimum Gasteiger partial charge on any atom is -0.353 e. The van der Waals surface area contributed by atoms with E-state index in [4.69, 9.17) is 0 Å². The van der Waals surface area contributed by atoms with Crippen molar-refractivity contribution in [2.24, 2.45) is 0 Å². The number of carbonyl (C=O) groups excluding carboxylic acids is 2. The number of fused-ring (bicyclic) bond motifs is 1. The third-order valence-electron chi connectivity index (χ3n) is 5.95. The van der Waals surface area contributed by atoms with E-state index in [1.54, 1.807) is 6.20 Å². The van der Waals surface area contributed by atoms with Crippen LogP contribution in [0.25, 0.3) is 10.9 Å². The summed E-state index contributed by atoms with van der Waals surface area (Å²) in [4.78, 5) is 27.5. The van der Waals surface area contributed by atoms with Crippen LogP contribution in [0.1, 0.15) is 43.2 Å². The molecule has 0 spiro atoms. The SMILES string of the molecule is CCC(C(=O)N1CCC(NC(=O)Cc2ccc3[nH]ncc3c2)CC1)c1ccccc1. The molecule has 0 aliphatic carbocycles. The van der Waals surface area contributed by atoms with Gasteiger partial charge in [-0.15, -0.1) is 0 Å². The number of nitrogens with zero attached hydrogens (tertiary/aromatic N) is 2. The Hall–Kier alpha value is -3.15. The predicted molar refractivity (Wildman–Crippen MR) is 117 cm³/mol. The van der Waals surface area contributed by atoms with Gasteiger partial charge in [0.25, 0.3) is 0 Å². The lowest BCUT2D eigenvalue weighted by Crippen LogP contribution is -2.48. The number of rotatable bonds is 6. The quantitative estimate of drug-likeness (QED) is 0.661. The fourth-order valence-corrected chi connectivity index (χ4v) is 4.27. The third kappa shape index (κ3) is 4.53. The third-order valence-corrected chi connectivity index (χ3v) is 5.95. The zero-order valence-electron chi connectivity index (χ0n) is 17.3. The lowest BCUT2D eigenvalue weighted by atomic mass is 9.93. The lowest BCUT2D eigenvalue weighted by Gasteiger charge is -2.34. The second-order valence-electron chi connectivity index (χ2n) is 8.01. The molecular weight excluding hydrogens is 376 g/mol. The molecule has 2 amide bonds. The van der Waals surface area contributed by atoms with E-state index in [1.807, 2.05) is 53.4 Å². The summed E-state index contributed by atoms with van der Waals surface area (Å²) in [5.74, 6) is 0.135. The standard InChI is InChI=1S/C24H28N4O2/c1-2-21(18-6-4-3-5-7-18)24(30)28-12-10-20(11-13-28)26-23(29)15-17-8-9-22-19(14-17)16-25-27-22/h3-9,14,16,20-21H,2,10-13,15H2,1H3,(H,25,27)(H,26,29). The molecule has 2 N–H and O–H groups in total. The molecule has 4 rings (SSSR count). The van der Waals surface area contributed by atoms with Gasteiger partial charge in [-0.1, -0.05) is 43.3 Å². The Kier molecular flexibility index (Phi) is 6.12. The van der Waals surface area contributed by atoms with Gasteiger partial charge in [-0.25, -0.2) is 0 Å². The van der Waals surface area contributed by atoms with E-state index < -0.39 is 0 Å². The second-order valence-corrected chi connectivity index (χ2v) is 8.01. The summed E-state index contributed by atoms with van der Waals surface area (Å²) in [6.45, 7) is 3.44. The van der Waals surface area contributed by atoms with Crippen LogP contribution in [0, 0.1) is 0 Å². The Balaban J connectivity index is 1.28. The van der Waals surface area contributed by atoms with Gasteiger partial charge in [-0.2, -0.15) is 5.10 Å². The van der Waals surface area contributed by atoms with Crippen LogP contribution < -0.4 is 5.32 Å². The molecule has 6 nitrogen and oxygen atoms in total. The van der Waals surface area contributed by atoms with Gasteiger partial charge in [-0.05, 0) is 42.5 Å². The van der Waals surface area contributed by atoms with E-state index in [-0.39, 0.29) is 23.8 Å². The van der Waals surface area contributed by atoms with Crippen molar-refractivity contribution in [3.63, 3.8) is 0 Å². The normalized spacial score (nSPS) is 15.8. The number of amides is 2. The highest BCUT2D eigenvalue weighted by Crippen LogP contribution is 2.24. The van der Waals surface area contributed by atoms with Gasteiger partial charge in [0.15, 0.2) is 0 Å². The Morgan fingerprint density at radius 1 is 1.17 bits per heavy atom. The van der Waals surface area contributed by atoms with Gasteiger partial charge in [0, 0.05) is 24.5 Å². The Morgan fingerprint density at radius 2 is 1.93 bits per heavy atom. The number of likely N-dealkylation sites (tertiary alicyclic amines) is 1. The molecule has 1 aromatic heterocycles. The summed E-state index contributed by atoms with van der Waals surface area (Å²) in [7, 11) is 0. The number of piperidine rings is 1. The van der Waals surface area contributed by atoms with Crippen molar-refractivity contribution in [1.82, 2.24) is 20.4 Å². The number of carbonyl (C=O) groups is 2. The average molecular weight is 405 g/mol. The van der Waals surface area contributed by atoms with E-state index in [9.17, 15) is 9.59 Å². The van der Waals surface area contributed by atoms with Crippen LogP contribution in [0.4, 0.5) is 0 Å². The number of benzene rings is 2. The summed E-state index contributed by atoms with van der Waals surface area (Å²) < 4.78 is 0. The molecule has 0 radical (unpaired) electrons. The van der Waals surface area contributed by atoms with Crippen LogP contribution in [0.5, 0.6) is 0 Å². The second kappa shape index (κ2) is 9.11. The zero-order valence-corrected chi connectivity index (χ0v) is 17.3. The average Bonchev–Trinajstić information content (AvgIpc) is 3.23. The first kappa shape index (κ1) is 20.1. The Morgan fingerprint density at radius 3 is 2.67 bits per heavy atom. The van der Waals surface area contributed by atoms with Crippen LogP contribution in [0.15, 0.2) is 54.7 Å². The van der Waals surface area contributed by atoms with Gasteiger partial charge in [0.2, 0.25) is 11.8 Å². The molecule has 6 heteroatoms. The van der Waals surface area contributed by atoms with Gasteiger partial charge in [-0.3, -0.25) is 14.7 Å². The molecule has 156 valence electrons. The van der Waals surface area contributed by atoms with Gasteiger partial charge in [0.05, 0.1) is 24.1 Å². The highest BCUT2D eigenvalue weighted by Gasteiger charge is 2.28. The van der Waals surface area contributed by atoms with Crippen molar-refractivity contribution in [3.05, 3.63) is 65.9 Å². The summed E-state index contributed by atoms with van der Waals surface area (Å²) in [5, 5.41) is 11.1. The van der Waals surface area contributed by atoms with Crippen molar-refractivity contribution >= 4 is 22.7 Å². The van der Waals surface area contributed by atoms with Crippen molar-refractivity contribution in [1.29, 1.82) is 0 Å². The van der Waals surface area contributed by atoms with Crippen LogP contribution >= 0.6 is 0 Å². The van der Waals surface area contributed by atoms with E-state index in [2.05, 4.69) is 22.4 Å². The maximum Gasteiger partial charge on any atom is 0.230 e. The number of nitrogens with one attached hydrogen (secondary N) is 2. The first-order valence-corrected chi connectivity index (χ1v) is 10.7. The molecule has 0 saturated carbocycles. The van der Waals surface area contributed by atoms with Gasteiger partial charge in [0.1, 0.15) is 0 Å². The maximum atomic E-state index is 13.0. The van der Waals surface area contributed by atoms with E-state index >= 15 is 0 Å². The molecule has 30 heavy (non-hydrogen) atoms. The van der Waals surface area contributed by atoms with Crippen molar-refractivity contribution in [2.45, 2.75) is 44.6 Å². The number of aromatic nitrogens is 2. The number of H-pyrrole nitrogens is 1. The number of aromatic amines is 1. The molecule has 1 atom stereocenters. The predicted octanol–water partition coefficient (Wildman–Crippen LogP) is 3.41. The highest BCUT2D eigenvalue weighted by molar-refractivity contribution is 5.84. The van der Waals surface area contributed by atoms with Crippen molar-refractivity contribution in [3.8, 4) is 0 Å². The molecule has 1 fully saturated rings. The number of hydrogen-bond donors (Lipinski definition) is 2. The van der Waals surface area contributed by atoms with Gasteiger partial charge < -0.3 is 10.2 Å². The fourth-order valence-electron chi connectivity index (χ4n) is 4.27. The zero-order chi connectivity index (χ0) is 20.9. The van der Waals surface area contributed by atoms with Crippen LogP contribution in [0.3, 0.4) is 0 Å². The molecular formula is C24H28N4O2. The van der Waals surface area contributed by atoms with Crippen molar-refractivity contribution < 1.29 is 9.59 Å². The fraction of sp³-hybridized carbons (Fsp3) is 0.375. The highest BCUT2D eigenvalue weighted by atomic mass is 16.2. The van der Waals surface area contributed by atoms with Crippen LogP contribution in [0.2, 0.25) is 0 Å². The van der Waals surface area contributed by atoms with E-state index in [0.29, 0.717) is 19.5 Å². The molecule has 1 unspecified atom stereocenters. The van der Waals surface area contributed by atoms with Gasteiger partial charge >= 0.3 is 0 Å². The number of hydrogen-bond acceptors (Lipinski definition) is 3. The minimum atomic E-state index is -0.0878. The maximum absolute atomic E-state index is 13.0.